The quantitative estimate of drug-likeness (QED) is 0.569. The molecule has 0 aliphatic heterocycles. The average Bonchev–Trinajstić information content (AvgIpc) is 2.40. The molecule has 0 atom stereocenters. The van der Waals surface area contributed by atoms with Crippen LogP contribution in [0.4, 0.5) is 0 Å². The number of fused-ring (bicyclic) bond motifs is 1. The molecule has 0 saturated heterocycles. The predicted molar refractivity (Wildman–Crippen MR) is 76.5 cm³/mol. The second-order valence-corrected chi connectivity index (χ2v) is 4.62. The van der Waals surface area contributed by atoms with Gasteiger partial charge in [-0.25, -0.2) is 0 Å². The molecule has 19 heavy (non-hydrogen) atoms. The first kappa shape index (κ1) is 14.4. The molecule has 0 unspecified atom stereocenters. The van der Waals surface area contributed by atoms with E-state index < -0.39 is 0 Å². The van der Waals surface area contributed by atoms with Crippen LogP contribution in [0.5, 0.6) is 0 Å². The Kier molecular flexibility index (Phi) is 4.55. The van der Waals surface area contributed by atoms with Crippen molar-refractivity contribution < 1.29 is 32.7 Å². The van der Waals surface area contributed by atoms with Gasteiger partial charge in [0.25, 0.3) is 0 Å². The molecule has 1 heteroatoms. The fraction of sp³-hybridized carbons (Fsp3) is 0.111. The van der Waals surface area contributed by atoms with Gasteiger partial charge in [0.1, 0.15) is 0 Å². The summed E-state index contributed by atoms with van der Waals surface area (Å²) in [4.78, 5) is 0. The van der Waals surface area contributed by atoms with Gasteiger partial charge in [0.05, 0.1) is 0 Å². The summed E-state index contributed by atoms with van der Waals surface area (Å²) in [5, 5.41) is 2.50. The molecule has 3 aromatic carbocycles. The third kappa shape index (κ3) is 2.66. The number of rotatable bonds is 1. The van der Waals surface area contributed by atoms with Gasteiger partial charge in [0.15, 0.2) is 0 Å². The molecule has 0 N–H and O–H groups in total. The molecular formula is C18H14Y-2. The summed E-state index contributed by atoms with van der Waals surface area (Å²) in [6.45, 7) is 4.31. The van der Waals surface area contributed by atoms with Gasteiger partial charge in [-0.05, 0) is 6.92 Å². The van der Waals surface area contributed by atoms with Gasteiger partial charge in [0.2, 0.25) is 0 Å². The van der Waals surface area contributed by atoms with Gasteiger partial charge in [-0.1, -0.05) is 24.6 Å². The van der Waals surface area contributed by atoms with Crippen LogP contribution >= 0.6 is 0 Å². The van der Waals surface area contributed by atoms with Crippen LogP contribution in [0.1, 0.15) is 11.1 Å². The van der Waals surface area contributed by atoms with Crippen molar-refractivity contribution in [2.75, 3.05) is 0 Å². The standard InChI is InChI=1S/C18H14.Y/c1-13-7-6-10-17-16(12-11-14(2)18(13)17)15-8-4-3-5-9-15;/h3-8,11-12H,1-2H3;/q-2;. The molecule has 0 amide bonds. The molecule has 0 heterocycles. The fourth-order valence-electron chi connectivity index (χ4n) is 2.48. The fourth-order valence-corrected chi connectivity index (χ4v) is 2.48. The first-order chi connectivity index (χ1) is 8.77. The van der Waals surface area contributed by atoms with Crippen molar-refractivity contribution in [3.63, 3.8) is 0 Å². The Morgan fingerprint density at radius 1 is 0.789 bits per heavy atom. The zero-order valence-electron chi connectivity index (χ0n) is 11.2. The molecule has 1 radical (unpaired) electrons. The van der Waals surface area contributed by atoms with E-state index >= 15 is 0 Å². The minimum atomic E-state index is 0. The van der Waals surface area contributed by atoms with Crippen LogP contribution in [0.25, 0.3) is 21.9 Å². The monoisotopic (exact) mass is 319 g/mol. The van der Waals surface area contributed by atoms with Crippen LogP contribution in [0.15, 0.2) is 48.5 Å². The Hall–Kier alpha value is -0.976. The van der Waals surface area contributed by atoms with E-state index in [1.54, 1.807) is 0 Å². The van der Waals surface area contributed by atoms with Crippen LogP contribution in [0, 0.1) is 26.0 Å². The van der Waals surface area contributed by atoms with Crippen LogP contribution < -0.4 is 0 Å². The zero-order chi connectivity index (χ0) is 12.5. The minimum Gasteiger partial charge on any atom is -0.147 e. The molecule has 0 fully saturated rings. The van der Waals surface area contributed by atoms with Crippen molar-refractivity contribution in [3.8, 4) is 11.1 Å². The summed E-state index contributed by atoms with van der Waals surface area (Å²) >= 11 is 0. The number of hydrogen-bond acceptors (Lipinski definition) is 0. The van der Waals surface area contributed by atoms with E-state index in [4.69, 9.17) is 0 Å². The third-order valence-electron chi connectivity index (χ3n) is 3.37. The summed E-state index contributed by atoms with van der Waals surface area (Å²) in [5.41, 5.74) is 4.95. The van der Waals surface area contributed by atoms with Gasteiger partial charge in [0, 0.05) is 32.7 Å². The largest absolute Gasteiger partial charge is 0.147 e. The van der Waals surface area contributed by atoms with Crippen LogP contribution in [-0.2, 0) is 32.7 Å². The zero-order valence-corrected chi connectivity index (χ0v) is 14.0. The van der Waals surface area contributed by atoms with E-state index in [0.29, 0.717) is 0 Å². The predicted octanol–water partition coefficient (Wildman–Crippen LogP) is 4.72. The Morgan fingerprint density at radius 2 is 1.58 bits per heavy atom. The second kappa shape index (κ2) is 5.99. The molecular weight excluding hydrogens is 305 g/mol. The molecule has 0 bridgehead atoms. The van der Waals surface area contributed by atoms with Crippen molar-refractivity contribution in [1.82, 2.24) is 0 Å². The molecule has 0 aliphatic carbocycles. The Morgan fingerprint density at radius 3 is 2.32 bits per heavy atom. The molecule has 91 valence electrons. The van der Waals surface area contributed by atoms with E-state index in [2.05, 4.69) is 50.2 Å². The van der Waals surface area contributed by atoms with E-state index in [-0.39, 0.29) is 32.7 Å². The van der Waals surface area contributed by atoms with Gasteiger partial charge >= 0.3 is 0 Å². The topological polar surface area (TPSA) is 0 Å². The summed E-state index contributed by atoms with van der Waals surface area (Å²) in [6.07, 6.45) is 0. The van der Waals surface area contributed by atoms with Gasteiger partial charge < -0.3 is 0 Å². The third-order valence-corrected chi connectivity index (χ3v) is 3.37. The molecule has 3 rings (SSSR count). The summed E-state index contributed by atoms with van der Waals surface area (Å²) in [7, 11) is 0. The molecule has 0 spiro atoms. The van der Waals surface area contributed by atoms with Crippen molar-refractivity contribution in [2.45, 2.75) is 13.8 Å². The summed E-state index contributed by atoms with van der Waals surface area (Å²) in [6, 6.07) is 23.2. The van der Waals surface area contributed by atoms with Crippen molar-refractivity contribution >= 4 is 10.8 Å². The molecule has 0 aromatic heterocycles. The van der Waals surface area contributed by atoms with Crippen molar-refractivity contribution in [3.05, 3.63) is 71.8 Å². The SMILES string of the molecule is Cc1cc[c-]c2c(-c3[c-]cccc3)ccc(C)c12.[Y]. The second-order valence-electron chi connectivity index (χ2n) is 4.62. The van der Waals surface area contributed by atoms with E-state index in [9.17, 15) is 0 Å². The molecule has 0 saturated carbocycles. The van der Waals surface area contributed by atoms with Gasteiger partial charge in [-0.15, -0.1) is 76.0 Å². The van der Waals surface area contributed by atoms with E-state index in [1.807, 2.05) is 24.3 Å². The number of benzene rings is 3. The summed E-state index contributed by atoms with van der Waals surface area (Å²) < 4.78 is 0. The first-order valence-electron chi connectivity index (χ1n) is 6.15. The Balaban J connectivity index is 0.00000133. The molecule has 0 aliphatic rings. The Bertz CT molecular complexity index is 691. The average molecular weight is 319 g/mol. The number of aryl methyl sites for hydroxylation is 2. The first-order valence-corrected chi connectivity index (χ1v) is 6.15. The van der Waals surface area contributed by atoms with Crippen LogP contribution in [0.3, 0.4) is 0 Å². The smallest absolute Gasteiger partial charge is 0 e. The maximum atomic E-state index is 3.38. The van der Waals surface area contributed by atoms with Crippen molar-refractivity contribution in [1.29, 1.82) is 0 Å². The maximum absolute atomic E-state index is 3.38. The minimum absolute atomic E-state index is 0. The molecule has 0 nitrogen and oxygen atoms in total. The Labute approximate surface area is 139 Å². The van der Waals surface area contributed by atoms with Crippen LogP contribution in [-0.4, -0.2) is 0 Å². The number of hydrogen-bond donors (Lipinski definition) is 0. The van der Waals surface area contributed by atoms with Crippen molar-refractivity contribution in [2.24, 2.45) is 0 Å². The van der Waals surface area contributed by atoms with E-state index in [0.717, 1.165) is 5.56 Å². The summed E-state index contributed by atoms with van der Waals surface area (Å²) in [5.74, 6) is 0. The normalized spacial score (nSPS) is 10.2. The maximum Gasteiger partial charge on any atom is 0 e. The molecule has 3 aromatic rings. The van der Waals surface area contributed by atoms with E-state index in [1.165, 1.54) is 27.5 Å². The van der Waals surface area contributed by atoms with Crippen LogP contribution in [0.2, 0.25) is 0 Å². The van der Waals surface area contributed by atoms with Gasteiger partial charge in [-0.2, -0.15) is 0 Å². The van der Waals surface area contributed by atoms with Gasteiger partial charge in [-0.3, -0.25) is 0 Å².